The highest BCUT2D eigenvalue weighted by Crippen LogP contribution is 2.42. The average Bonchev–Trinajstić information content (AvgIpc) is 2.98. The highest BCUT2D eigenvalue weighted by atomic mass is 35.5. The first-order valence-electron chi connectivity index (χ1n) is 8.41. The van der Waals surface area contributed by atoms with Crippen LogP contribution in [-0.2, 0) is 9.53 Å². The molecule has 11 heteroatoms. The lowest BCUT2D eigenvalue weighted by molar-refractivity contribution is -0.134. The first-order chi connectivity index (χ1) is 13.3. The largest absolute Gasteiger partial charge is 0.480 e. The van der Waals surface area contributed by atoms with E-state index in [1.807, 2.05) is 0 Å². The van der Waals surface area contributed by atoms with E-state index < -0.39 is 11.9 Å². The van der Waals surface area contributed by atoms with Crippen LogP contribution in [-0.4, -0.2) is 54.8 Å². The number of hydrogen-bond acceptors (Lipinski definition) is 7. The Labute approximate surface area is 174 Å². The number of amides is 1. The fourth-order valence-electron chi connectivity index (χ4n) is 3.11. The molecule has 3 heterocycles. The van der Waals surface area contributed by atoms with Crippen LogP contribution in [0, 0.1) is 5.41 Å². The number of aromatic nitrogens is 1. The Hall–Kier alpha value is -2.07. The van der Waals surface area contributed by atoms with Gasteiger partial charge in [-0.3, -0.25) is 9.59 Å². The van der Waals surface area contributed by atoms with Crippen LogP contribution in [0.2, 0.25) is 10.0 Å². The zero-order valence-corrected chi connectivity index (χ0v) is 16.8. The number of benzene rings is 1. The van der Waals surface area contributed by atoms with Gasteiger partial charge in [-0.15, -0.1) is 0 Å². The maximum atomic E-state index is 12.8. The van der Waals surface area contributed by atoms with Crippen LogP contribution in [0.3, 0.4) is 0 Å². The topological polar surface area (TPSA) is 104 Å². The van der Waals surface area contributed by atoms with Crippen molar-refractivity contribution in [3.8, 4) is 0 Å². The predicted molar refractivity (Wildman–Crippen MR) is 108 cm³/mol. The molecule has 1 aromatic heterocycles. The molecule has 2 aliphatic heterocycles. The summed E-state index contributed by atoms with van der Waals surface area (Å²) >= 11 is 13.1. The fraction of sp³-hybridized carbons (Fsp3) is 0.353. The first-order valence-corrected chi connectivity index (χ1v) is 9.98. The second-order valence-electron chi connectivity index (χ2n) is 6.85. The summed E-state index contributed by atoms with van der Waals surface area (Å²) in [4.78, 5) is 30.5. The standard InChI is InChI=1S/C17H16Cl2N4O4S/c18-10-2-1-9(3-11(10)19)21-15(26)13-14(20-4-12(24)25)22-16(28-13)23-5-17(6-23)7-27-8-17/h1-3,20H,4-8H2,(H,21,26)(H,24,25). The molecule has 2 fully saturated rings. The first kappa shape index (κ1) is 19.3. The van der Waals surface area contributed by atoms with Gasteiger partial charge in [0.2, 0.25) is 0 Å². The van der Waals surface area contributed by atoms with Crippen molar-refractivity contribution >= 4 is 63.1 Å². The third kappa shape index (κ3) is 3.75. The van der Waals surface area contributed by atoms with Crippen molar-refractivity contribution < 1.29 is 19.4 Å². The Morgan fingerprint density at radius 1 is 1.29 bits per heavy atom. The van der Waals surface area contributed by atoms with Gasteiger partial charge in [-0.2, -0.15) is 0 Å². The molecule has 2 aliphatic rings. The molecule has 28 heavy (non-hydrogen) atoms. The van der Waals surface area contributed by atoms with E-state index in [1.54, 1.807) is 18.2 Å². The minimum Gasteiger partial charge on any atom is -0.480 e. The smallest absolute Gasteiger partial charge is 0.322 e. The van der Waals surface area contributed by atoms with E-state index in [0.717, 1.165) is 26.3 Å². The number of nitrogens with one attached hydrogen (secondary N) is 2. The van der Waals surface area contributed by atoms with Crippen molar-refractivity contribution in [1.82, 2.24) is 4.98 Å². The van der Waals surface area contributed by atoms with E-state index in [9.17, 15) is 9.59 Å². The lowest BCUT2D eigenvalue weighted by Crippen LogP contribution is -2.66. The summed E-state index contributed by atoms with van der Waals surface area (Å²) in [6.45, 7) is 2.76. The molecule has 0 atom stereocenters. The van der Waals surface area contributed by atoms with Crippen molar-refractivity contribution in [2.75, 3.05) is 48.4 Å². The molecule has 1 spiro atoms. The van der Waals surface area contributed by atoms with E-state index in [-0.39, 0.29) is 17.8 Å². The zero-order chi connectivity index (χ0) is 19.9. The average molecular weight is 443 g/mol. The van der Waals surface area contributed by atoms with Crippen molar-refractivity contribution in [3.05, 3.63) is 33.1 Å². The molecule has 148 valence electrons. The summed E-state index contributed by atoms with van der Waals surface area (Å²) in [6.07, 6.45) is 0. The normalized spacial score (nSPS) is 17.0. The van der Waals surface area contributed by atoms with Gasteiger partial charge >= 0.3 is 5.97 Å². The van der Waals surface area contributed by atoms with E-state index >= 15 is 0 Å². The lowest BCUT2D eigenvalue weighted by Gasteiger charge is -2.54. The number of thiazole rings is 1. The molecule has 0 unspecified atom stereocenters. The molecule has 4 rings (SSSR count). The van der Waals surface area contributed by atoms with Crippen LogP contribution in [0.5, 0.6) is 0 Å². The molecule has 2 saturated heterocycles. The molecule has 0 aliphatic carbocycles. The van der Waals surface area contributed by atoms with Gasteiger partial charge in [0.15, 0.2) is 10.9 Å². The van der Waals surface area contributed by atoms with Gasteiger partial charge in [0.1, 0.15) is 11.4 Å². The number of aliphatic carboxylic acids is 1. The second kappa shape index (κ2) is 7.40. The number of hydrogen-bond donors (Lipinski definition) is 3. The number of halogens is 2. The molecule has 1 aromatic carbocycles. The van der Waals surface area contributed by atoms with Crippen LogP contribution in [0.1, 0.15) is 9.67 Å². The molecule has 0 bridgehead atoms. The maximum Gasteiger partial charge on any atom is 0.322 e. The molecular weight excluding hydrogens is 427 g/mol. The molecule has 8 nitrogen and oxygen atoms in total. The lowest BCUT2D eigenvalue weighted by atomic mass is 9.78. The van der Waals surface area contributed by atoms with E-state index in [2.05, 4.69) is 20.5 Å². The second-order valence-corrected chi connectivity index (χ2v) is 8.65. The van der Waals surface area contributed by atoms with Gasteiger partial charge in [-0.1, -0.05) is 34.5 Å². The number of ether oxygens (including phenoxy) is 1. The van der Waals surface area contributed by atoms with Crippen LogP contribution >= 0.6 is 34.5 Å². The molecular formula is C17H16Cl2N4O4S. The quantitative estimate of drug-likeness (QED) is 0.631. The third-order valence-corrected chi connectivity index (χ3v) is 6.40. The van der Waals surface area contributed by atoms with Crippen LogP contribution in [0.15, 0.2) is 18.2 Å². The Balaban J connectivity index is 1.53. The minimum absolute atomic E-state index is 0.197. The van der Waals surface area contributed by atoms with Gasteiger partial charge in [0.05, 0.1) is 28.7 Å². The Bertz CT molecular complexity index is 939. The number of carbonyl (C=O) groups excluding carboxylic acids is 1. The van der Waals surface area contributed by atoms with E-state index in [4.69, 9.17) is 33.0 Å². The molecule has 2 aromatic rings. The monoisotopic (exact) mass is 442 g/mol. The summed E-state index contributed by atoms with van der Waals surface area (Å²) in [5.41, 5.74) is 0.677. The molecule has 0 radical (unpaired) electrons. The van der Waals surface area contributed by atoms with E-state index in [1.165, 1.54) is 11.3 Å². The van der Waals surface area contributed by atoms with Crippen LogP contribution < -0.4 is 15.5 Å². The van der Waals surface area contributed by atoms with Gasteiger partial charge in [-0.25, -0.2) is 4.98 Å². The summed E-state index contributed by atoms with van der Waals surface area (Å²) in [6, 6.07) is 4.76. The Morgan fingerprint density at radius 2 is 2.04 bits per heavy atom. The zero-order valence-electron chi connectivity index (χ0n) is 14.5. The van der Waals surface area contributed by atoms with Crippen molar-refractivity contribution in [1.29, 1.82) is 0 Å². The highest BCUT2D eigenvalue weighted by Gasteiger charge is 2.50. The Kier molecular flexibility index (Phi) is 5.09. The predicted octanol–water partition coefficient (Wildman–Crippen LogP) is 3.04. The number of rotatable bonds is 6. The van der Waals surface area contributed by atoms with Gasteiger partial charge in [-0.05, 0) is 18.2 Å². The minimum atomic E-state index is -1.04. The van der Waals surface area contributed by atoms with Crippen molar-refractivity contribution in [2.24, 2.45) is 5.41 Å². The number of carboxylic acid groups (broad SMARTS) is 1. The SMILES string of the molecule is O=C(O)CNc1nc(N2CC3(COC3)C2)sc1C(=O)Nc1ccc(Cl)c(Cl)c1. The number of anilines is 3. The van der Waals surface area contributed by atoms with E-state index in [0.29, 0.717) is 25.7 Å². The summed E-state index contributed by atoms with van der Waals surface area (Å²) in [7, 11) is 0. The molecule has 0 saturated carbocycles. The van der Waals surface area contributed by atoms with Crippen LogP contribution in [0.4, 0.5) is 16.6 Å². The Morgan fingerprint density at radius 3 is 2.64 bits per heavy atom. The number of nitrogens with zero attached hydrogens (tertiary/aromatic N) is 2. The van der Waals surface area contributed by atoms with Crippen molar-refractivity contribution in [3.63, 3.8) is 0 Å². The molecule has 3 N–H and O–H groups in total. The fourth-order valence-corrected chi connectivity index (χ4v) is 4.34. The summed E-state index contributed by atoms with van der Waals surface area (Å²) in [5.74, 6) is -1.21. The van der Waals surface area contributed by atoms with Crippen LogP contribution in [0.25, 0.3) is 0 Å². The summed E-state index contributed by atoms with van der Waals surface area (Å²) < 4.78 is 5.28. The number of carbonyl (C=O) groups is 2. The molecule has 1 amide bonds. The van der Waals surface area contributed by atoms with Gasteiger partial charge < -0.3 is 25.4 Å². The number of carboxylic acids is 1. The highest BCUT2D eigenvalue weighted by molar-refractivity contribution is 7.18. The van der Waals surface area contributed by atoms with Gasteiger partial charge in [0, 0.05) is 18.8 Å². The van der Waals surface area contributed by atoms with Crippen molar-refractivity contribution in [2.45, 2.75) is 0 Å². The summed E-state index contributed by atoms with van der Waals surface area (Å²) in [5, 5.41) is 15.8. The maximum absolute atomic E-state index is 12.8. The third-order valence-electron chi connectivity index (χ3n) is 4.55. The van der Waals surface area contributed by atoms with Gasteiger partial charge in [0.25, 0.3) is 5.91 Å².